The van der Waals surface area contributed by atoms with Gasteiger partial charge in [0.05, 0.1) is 6.61 Å². The van der Waals surface area contributed by atoms with E-state index in [1.165, 1.54) is 6.92 Å². The van der Waals surface area contributed by atoms with Crippen LogP contribution in [0.4, 0.5) is 8.78 Å². The number of ether oxygens (including phenoxy) is 1. The molecule has 0 bridgehead atoms. The topological polar surface area (TPSA) is 26.3 Å². The van der Waals surface area contributed by atoms with Crippen molar-refractivity contribution in [2.75, 3.05) is 6.61 Å². The summed E-state index contributed by atoms with van der Waals surface area (Å²) < 4.78 is 30.2. The lowest BCUT2D eigenvalue weighted by atomic mass is 10.0. The quantitative estimate of drug-likeness (QED) is 0.629. The molecule has 0 aromatic carbocycles. The average molecular weight is 194 g/mol. The number of hydrogen-bond donors (Lipinski definition) is 0. The fourth-order valence-corrected chi connectivity index (χ4v) is 0.902. The molecule has 0 spiro atoms. The zero-order chi connectivity index (χ0) is 10.5. The summed E-state index contributed by atoms with van der Waals surface area (Å²) in [6, 6.07) is 0. The second-order valence-corrected chi connectivity index (χ2v) is 3.14. The first kappa shape index (κ1) is 12.3. The van der Waals surface area contributed by atoms with Gasteiger partial charge >= 0.3 is 11.9 Å². The number of esters is 1. The third-order valence-electron chi connectivity index (χ3n) is 1.88. The maximum Gasteiger partial charge on any atom is 0.376 e. The van der Waals surface area contributed by atoms with E-state index in [9.17, 15) is 13.6 Å². The van der Waals surface area contributed by atoms with Crippen molar-refractivity contribution in [2.24, 2.45) is 5.92 Å². The number of carbonyl (C=O) groups is 1. The van der Waals surface area contributed by atoms with Gasteiger partial charge in [0.2, 0.25) is 0 Å². The zero-order valence-corrected chi connectivity index (χ0v) is 8.27. The molecule has 0 saturated heterocycles. The highest BCUT2D eigenvalue weighted by molar-refractivity contribution is 5.77. The van der Waals surface area contributed by atoms with Crippen molar-refractivity contribution in [1.29, 1.82) is 0 Å². The van der Waals surface area contributed by atoms with Crippen LogP contribution >= 0.6 is 0 Å². The van der Waals surface area contributed by atoms with Crippen LogP contribution in [0.1, 0.15) is 33.6 Å². The Hall–Kier alpha value is -0.670. The molecule has 0 N–H and O–H groups in total. The predicted molar refractivity (Wildman–Crippen MR) is 45.7 cm³/mol. The van der Waals surface area contributed by atoms with E-state index < -0.39 is 18.3 Å². The van der Waals surface area contributed by atoms with Gasteiger partial charge in [-0.2, -0.15) is 8.78 Å². The van der Waals surface area contributed by atoms with E-state index in [2.05, 4.69) is 4.74 Å². The number of alkyl halides is 2. The second kappa shape index (κ2) is 5.14. The summed E-state index contributed by atoms with van der Waals surface area (Å²) in [4.78, 5) is 10.7. The third kappa shape index (κ3) is 4.20. The minimum Gasteiger partial charge on any atom is -0.462 e. The van der Waals surface area contributed by atoms with E-state index in [4.69, 9.17) is 0 Å². The van der Waals surface area contributed by atoms with E-state index >= 15 is 0 Å². The molecule has 0 heterocycles. The van der Waals surface area contributed by atoms with Crippen molar-refractivity contribution in [3.8, 4) is 0 Å². The van der Waals surface area contributed by atoms with Crippen LogP contribution in [-0.2, 0) is 9.53 Å². The van der Waals surface area contributed by atoms with Crippen molar-refractivity contribution in [3.63, 3.8) is 0 Å². The molecular weight excluding hydrogens is 178 g/mol. The van der Waals surface area contributed by atoms with E-state index in [-0.39, 0.29) is 12.5 Å². The first-order valence-electron chi connectivity index (χ1n) is 4.49. The molecule has 0 saturated carbocycles. The first-order chi connectivity index (χ1) is 5.94. The lowest BCUT2D eigenvalue weighted by Gasteiger charge is -2.17. The lowest BCUT2D eigenvalue weighted by Crippen LogP contribution is -2.32. The van der Waals surface area contributed by atoms with Crippen molar-refractivity contribution >= 4 is 5.97 Å². The number of carbonyl (C=O) groups excluding carboxylic acids is 1. The maximum absolute atomic E-state index is 13.0. The maximum atomic E-state index is 13.0. The molecular formula is C9H16F2O2. The van der Waals surface area contributed by atoms with E-state index in [0.717, 1.165) is 0 Å². The molecule has 0 radical (unpaired) electrons. The molecule has 0 aromatic heterocycles. The number of hydrogen-bond acceptors (Lipinski definition) is 2. The molecule has 0 aromatic rings. The predicted octanol–water partition coefficient (Wildman–Crippen LogP) is 2.62. The van der Waals surface area contributed by atoms with Crippen LogP contribution in [0, 0.1) is 5.92 Å². The van der Waals surface area contributed by atoms with Gasteiger partial charge in [0, 0.05) is 6.42 Å². The van der Waals surface area contributed by atoms with Gasteiger partial charge in [-0.25, -0.2) is 4.79 Å². The Bertz CT molecular complexity index is 169. The van der Waals surface area contributed by atoms with Crippen molar-refractivity contribution in [2.45, 2.75) is 39.5 Å². The van der Waals surface area contributed by atoms with Gasteiger partial charge in [0.15, 0.2) is 0 Å². The first-order valence-corrected chi connectivity index (χ1v) is 4.49. The van der Waals surface area contributed by atoms with Crippen molar-refractivity contribution in [1.82, 2.24) is 0 Å². The van der Waals surface area contributed by atoms with Crippen molar-refractivity contribution < 1.29 is 18.3 Å². The fraction of sp³-hybridized carbons (Fsp3) is 0.889. The van der Waals surface area contributed by atoms with E-state index in [1.807, 2.05) is 6.92 Å². The van der Waals surface area contributed by atoms with E-state index in [0.29, 0.717) is 6.42 Å². The molecule has 1 atom stereocenters. The molecule has 0 amide bonds. The van der Waals surface area contributed by atoms with Crippen LogP contribution in [0.25, 0.3) is 0 Å². The Morgan fingerprint density at radius 3 is 2.38 bits per heavy atom. The Morgan fingerprint density at radius 2 is 2.00 bits per heavy atom. The van der Waals surface area contributed by atoms with Gasteiger partial charge in [0.25, 0.3) is 0 Å². The Balaban J connectivity index is 4.13. The largest absolute Gasteiger partial charge is 0.462 e. The van der Waals surface area contributed by atoms with E-state index in [1.54, 1.807) is 6.92 Å². The molecule has 78 valence electrons. The molecule has 2 nitrogen and oxygen atoms in total. The molecule has 0 aliphatic rings. The smallest absolute Gasteiger partial charge is 0.376 e. The normalized spacial score (nSPS) is 13.9. The molecule has 4 heteroatoms. The van der Waals surface area contributed by atoms with Crippen molar-refractivity contribution in [3.05, 3.63) is 0 Å². The van der Waals surface area contributed by atoms with Gasteiger partial charge < -0.3 is 4.74 Å². The van der Waals surface area contributed by atoms with Gasteiger partial charge in [-0.3, -0.25) is 0 Å². The minimum atomic E-state index is -3.33. The highest BCUT2D eigenvalue weighted by Crippen LogP contribution is 2.26. The lowest BCUT2D eigenvalue weighted by molar-refractivity contribution is -0.173. The van der Waals surface area contributed by atoms with Crippen LogP contribution in [0.15, 0.2) is 0 Å². The molecule has 0 rings (SSSR count). The summed E-state index contributed by atoms with van der Waals surface area (Å²) >= 11 is 0. The summed E-state index contributed by atoms with van der Waals surface area (Å²) in [5, 5.41) is 0. The van der Waals surface area contributed by atoms with Gasteiger partial charge in [0.1, 0.15) is 0 Å². The zero-order valence-electron chi connectivity index (χ0n) is 8.27. The molecule has 13 heavy (non-hydrogen) atoms. The van der Waals surface area contributed by atoms with Crippen LogP contribution in [0.3, 0.4) is 0 Å². The second-order valence-electron chi connectivity index (χ2n) is 3.14. The van der Waals surface area contributed by atoms with Gasteiger partial charge in [-0.1, -0.05) is 20.3 Å². The Kier molecular flexibility index (Phi) is 4.88. The standard InChI is InChI=1S/C9H16F2O2/c1-4-7(3)6-9(10,11)8(12)13-5-2/h7H,4-6H2,1-3H3. The van der Waals surface area contributed by atoms with Crippen LogP contribution in [-0.4, -0.2) is 18.5 Å². The summed E-state index contributed by atoms with van der Waals surface area (Å²) in [5.41, 5.74) is 0. The number of halogens is 2. The summed E-state index contributed by atoms with van der Waals surface area (Å²) in [5.74, 6) is -4.90. The van der Waals surface area contributed by atoms with Crippen LogP contribution in [0.2, 0.25) is 0 Å². The Labute approximate surface area is 77.3 Å². The van der Waals surface area contributed by atoms with Gasteiger partial charge in [-0.05, 0) is 12.8 Å². The SMILES string of the molecule is CCOC(=O)C(F)(F)CC(C)CC. The highest BCUT2D eigenvalue weighted by atomic mass is 19.3. The van der Waals surface area contributed by atoms with Gasteiger partial charge in [-0.15, -0.1) is 0 Å². The Morgan fingerprint density at radius 1 is 1.46 bits per heavy atom. The summed E-state index contributed by atoms with van der Waals surface area (Å²) in [7, 11) is 0. The highest BCUT2D eigenvalue weighted by Gasteiger charge is 2.41. The molecule has 1 unspecified atom stereocenters. The third-order valence-corrected chi connectivity index (χ3v) is 1.88. The monoisotopic (exact) mass is 194 g/mol. The molecule has 0 fully saturated rings. The molecule has 0 aliphatic carbocycles. The van der Waals surface area contributed by atoms with Crippen LogP contribution in [0.5, 0.6) is 0 Å². The summed E-state index contributed by atoms with van der Waals surface area (Å²) in [6.45, 7) is 5.01. The number of rotatable bonds is 5. The fourth-order valence-electron chi connectivity index (χ4n) is 0.902. The minimum absolute atomic E-state index is 0.00503. The average Bonchev–Trinajstić information content (AvgIpc) is 2.04. The molecule has 0 aliphatic heterocycles. The summed E-state index contributed by atoms with van der Waals surface area (Å²) in [6.07, 6.45) is 0.206. The van der Waals surface area contributed by atoms with Crippen LogP contribution < -0.4 is 0 Å².